The lowest BCUT2D eigenvalue weighted by Gasteiger charge is -2.26. The number of nitrogens with zero attached hydrogens (tertiary/aromatic N) is 2. The Hall–Kier alpha value is -0.620. The summed E-state index contributed by atoms with van der Waals surface area (Å²) in [4.78, 5) is 0. The highest BCUT2D eigenvalue weighted by Gasteiger charge is 2.34. The molecule has 1 unspecified atom stereocenters. The number of halogens is 1. The van der Waals surface area contributed by atoms with E-state index in [0.717, 1.165) is 36.0 Å². The summed E-state index contributed by atoms with van der Waals surface area (Å²) in [6.07, 6.45) is 0.925. The Morgan fingerprint density at radius 2 is 2.39 bits per heavy atom. The Morgan fingerprint density at radius 3 is 2.89 bits per heavy atom. The Labute approximate surface area is 112 Å². The molecule has 1 saturated heterocycles. The van der Waals surface area contributed by atoms with E-state index in [1.807, 2.05) is 18.7 Å². The standard InChI is InChI=1S/C12H20ClN3O2/c1-9-11(13)10(16(2)15-9)6-14-7-12(17-3)4-5-18-8-12/h14H,4-8H2,1-3H3. The van der Waals surface area contributed by atoms with Crippen LogP contribution in [-0.4, -0.2) is 42.2 Å². The van der Waals surface area contributed by atoms with Gasteiger partial charge in [0.1, 0.15) is 5.60 Å². The highest BCUT2D eigenvalue weighted by Crippen LogP contribution is 2.22. The molecule has 1 aliphatic heterocycles. The molecular formula is C12H20ClN3O2. The van der Waals surface area contributed by atoms with Gasteiger partial charge in [-0.05, 0) is 6.92 Å². The molecule has 0 amide bonds. The van der Waals surface area contributed by atoms with Crippen molar-refractivity contribution in [3.63, 3.8) is 0 Å². The van der Waals surface area contributed by atoms with Crippen LogP contribution in [0.5, 0.6) is 0 Å². The van der Waals surface area contributed by atoms with E-state index < -0.39 is 0 Å². The van der Waals surface area contributed by atoms with E-state index in [1.165, 1.54) is 0 Å². The van der Waals surface area contributed by atoms with Gasteiger partial charge in [0.2, 0.25) is 0 Å². The van der Waals surface area contributed by atoms with Gasteiger partial charge in [-0.15, -0.1) is 0 Å². The summed E-state index contributed by atoms with van der Waals surface area (Å²) in [6, 6.07) is 0. The summed E-state index contributed by atoms with van der Waals surface area (Å²) in [6.45, 7) is 4.76. The minimum atomic E-state index is -0.194. The molecule has 1 atom stereocenters. The van der Waals surface area contributed by atoms with E-state index in [4.69, 9.17) is 21.1 Å². The smallest absolute Gasteiger partial charge is 0.106 e. The zero-order valence-corrected chi connectivity index (χ0v) is 11.9. The van der Waals surface area contributed by atoms with E-state index in [1.54, 1.807) is 7.11 Å². The molecule has 18 heavy (non-hydrogen) atoms. The highest BCUT2D eigenvalue weighted by molar-refractivity contribution is 6.31. The largest absolute Gasteiger partial charge is 0.378 e. The molecule has 5 nitrogen and oxygen atoms in total. The topological polar surface area (TPSA) is 48.3 Å². The molecule has 0 bridgehead atoms. The van der Waals surface area contributed by atoms with E-state index in [-0.39, 0.29) is 5.60 Å². The van der Waals surface area contributed by atoms with Crippen molar-refractivity contribution in [2.24, 2.45) is 7.05 Å². The van der Waals surface area contributed by atoms with Crippen molar-refractivity contribution in [3.05, 3.63) is 16.4 Å². The fourth-order valence-corrected chi connectivity index (χ4v) is 2.47. The molecular weight excluding hydrogens is 254 g/mol. The van der Waals surface area contributed by atoms with Crippen molar-refractivity contribution in [1.29, 1.82) is 0 Å². The van der Waals surface area contributed by atoms with Crippen molar-refractivity contribution in [2.45, 2.75) is 25.5 Å². The normalized spacial score (nSPS) is 23.8. The molecule has 1 aliphatic rings. The van der Waals surface area contributed by atoms with Gasteiger partial charge in [0.05, 0.1) is 23.0 Å². The first-order valence-electron chi connectivity index (χ1n) is 6.09. The zero-order chi connectivity index (χ0) is 13.2. The molecule has 0 spiro atoms. The molecule has 1 aromatic heterocycles. The van der Waals surface area contributed by atoms with Gasteiger partial charge in [-0.25, -0.2) is 0 Å². The van der Waals surface area contributed by atoms with E-state index >= 15 is 0 Å². The first kappa shape index (κ1) is 13.8. The number of methoxy groups -OCH3 is 1. The van der Waals surface area contributed by atoms with Crippen LogP contribution in [0.25, 0.3) is 0 Å². The van der Waals surface area contributed by atoms with Gasteiger partial charge in [-0.3, -0.25) is 4.68 Å². The highest BCUT2D eigenvalue weighted by atomic mass is 35.5. The Kier molecular flexibility index (Phi) is 4.27. The molecule has 0 aliphatic carbocycles. The number of hydrogen-bond donors (Lipinski definition) is 1. The van der Waals surface area contributed by atoms with E-state index in [9.17, 15) is 0 Å². The van der Waals surface area contributed by atoms with Crippen molar-refractivity contribution < 1.29 is 9.47 Å². The molecule has 0 aromatic carbocycles. The van der Waals surface area contributed by atoms with E-state index in [0.29, 0.717) is 13.2 Å². The predicted molar refractivity (Wildman–Crippen MR) is 69.8 cm³/mol. The van der Waals surface area contributed by atoms with Crippen molar-refractivity contribution >= 4 is 11.6 Å². The monoisotopic (exact) mass is 273 g/mol. The van der Waals surface area contributed by atoms with Crippen LogP contribution >= 0.6 is 11.6 Å². The molecule has 6 heteroatoms. The van der Waals surface area contributed by atoms with Crippen LogP contribution in [0.2, 0.25) is 5.02 Å². The summed E-state index contributed by atoms with van der Waals surface area (Å²) in [5.74, 6) is 0. The number of aromatic nitrogens is 2. The lowest BCUT2D eigenvalue weighted by molar-refractivity contribution is -0.0160. The van der Waals surface area contributed by atoms with Gasteiger partial charge >= 0.3 is 0 Å². The number of nitrogens with one attached hydrogen (secondary N) is 1. The number of hydrogen-bond acceptors (Lipinski definition) is 4. The second-order valence-electron chi connectivity index (χ2n) is 4.76. The Bertz CT molecular complexity index is 414. The Balaban J connectivity index is 1.92. The van der Waals surface area contributed by atoms with Crippen LogP contribution in [-0.2, 0) is 23.1 Å². The lowest BCUT2D eigenvalue weighted by Crippen LogP contribution is -2.42. The molecule has 1 fully saturated rings. The molecule has 2 heterocycles. The molecule has 2 rings (SSSR count). The van der Waals surface area contributed by atoms with Gasteiger partial charge in [0, 0.05) is 40.3 Å². The molecule has 0 radical (unpaired) electrons. The van der Waals surface area contributed by atoms with Gasteiger partial charge in [0.15, 0.2) is 0 Å². The fraction of sp³-hybridized carbons (Fsp3) is 0.750. The summed E-state index contributed by atoms with van der Waals surface area (Å²) in [7, 11) is 3.64. The summed E-state index contributed by atoms with van der Waals surface area (Å²) < 4.78 is 12.8. The first-order chi connectivity index (χ1) is 8.58. The van der Waals surface area contributed by atoms with E-state index in [2.05, 4.69) is 10.4 Å². The van der Waals surface area contributed by atoms with Crippen molar-refractivity contribution in [3.8, 4) is 0 Å². The maximum absolute atomic E-state index is 6.20. The van der Waals surface area contributed by atoms with Crippen LogP contribution in [0.4, 0.5) is 0 Å². The average Bonchev–Trinajstić information content (AvgIpc) is 2.91. The van der Waals surface area contributed by atoms with Crippen molar-refractivity contribution in [1.82, 2.24) is 15.1 Å². The maximum atomic E-state index is 6.20. The molecule has 102 valence electrons. The van der Waals surface area contributed by atoms with Crippen LogP contribution in [0.3, 0.4) is 0 Å². The predicted octanol–water partition coefficient (Wildman–Crippen LogP) is 1.28. The first-order valence-corrected chi connectivity index (χ1v) is 6.47. The quantitative estimate of drug-likeness (QED) is 0.878. The third kappa shape index (κ3) is 2.69. The van der Waals surface area contributed by atoms with Crippen LogP contribution in [0.15, 0.2) is 0 Å². The van der Waals surface area contributed by atoms with Crippen LogP contribution in [0.1, 0.15) is 17.8 Å². The third-order valence-corrected chi connectivity index (χ3v) is 3.99. The summed E-state index contributed by atoms with van der Waals surface area (Å²) in [5.41, 5.74) is 1.67. The third-order valence-electron chi connectivity index (χ3n) is 3.50. The summed E-state index contributed by atoms with van der Waals surface area (Å²) >= 11 is 6.20. The molecule has 1 N–H and O–H groups in total. The minimum absolute atomic E-state index is 0.194. The number of ether oxygens (including phenoxy) is 2. The average molecular weight is 274 g/mol. The van der Waals surface area contributed by atoms with Gasteiger partial charge in [-0.2, -0.15) is 5.10 Å². The van der Waals surface area contributed by atoms with Gasteiger partial charge in [-0.1, -0.05) is 11.6 Å². The van der Waals surface area contributed by atoms with Crippen LogP contribution in [0, 0.1) is 6.92 Å². The second kappa shape index (κ2) is 5.57. The van der Waals surface area contributed by atoms with Crippen molar-refractivity contribution in [2.75, 3.05) is 26.9 Å². The zero-order valence-electron chi connectivity index (χ0n) is 11.1. The fourth-order valence-electron chi connectivity index (χ4n) is 2.24. The minimum Gasteiger partial charge on any atom is -0.378 e. The SMILES string of the molecule is COC1(CNCc2c(Cl)c(C)nn2C)CCOC1. The second-order valence-corrected chi connectivity index (χ2v) is 5.14. The summed E-state index contributed by atoms with van der Waals surface area (Å²) in [5, 5.41) is 8.40. The number of aryl methyl sites for hydroxylation is 2. The van der Waals surface area contributed by atoms with Gasteiger partial charge in [0.25, 0.3) is 0 Å². The molecule has 1 aromatic rings. The molecule has 0 saturated carbocycles. The van der Waals surface area contributed by atoms with Crippen LogP contribution < -0.4 is 5.32 Å². The maximum Gasteiger partial charge on any atom is 0.106 e. The lowest BCUT2D eigenvalue weighted by atomic mass is 10.0. The number of rotatable bonds is 5. The van der Waals surface area contributed by atoms with Gasteiger partial charge < -0.3 is 14.8 Å². The Morgan fingerprint density at radius 1 is 1.61 bits per heavy atom.